The van der Waals surface area contributed by atoms with Crippen molar-refractivity contribution in [3.63, 3.8) is 0 Å². The summed E-state index contributed by atoms with van der Waals surface area (Å²) in [6, 6.07) is 29.6. The summed E-state index contributed by atoms with van der Waals surface area (Å²) in [7, 11) is 0. The topological polar surface area (TPSA) is 26.3 Å². The van der Waals surface area contributed by atoms with Gasteiger partial charge in [0.25, 0.3) is 0 Å². The van der Waals surface area contributed by atoms with Gasteiger partial charge in [0.1, 0.15) is 11.5 Å². The summed E-state index contributed by atoms with van der Waals surface area (Å²) in [5, 5.41) is 2.11. The molecule has 2 nitrogen and oxygen atoms in total. The zero-order valence-electron chi connectivity index (χ0n) is 15.0. The Bertz CT molecular complexity index is 1230. The first-order valence-electron chi connectivity index (χ1n) is 9.07. The SMILES string of the molecule is O=C1/C(=C/c2cccc(Oc3ccccc3)c2)Sc2ccc3ccccc3c21. The molecule has 0 unspecified atom stereocenters. The number of Topliss-reactive ketones (excluding diaryl/α,β-unsaturated/α-hetero) is 1. The van der Waals surface area contributed by atoms with Crippen molar-refractivity contribution in [3.8, 4) is 11.5 Å². The standard InChI is InChI=1S/C25H16O2S/c26-25-23(28-22-14-13-18-8-4-5-12-21(18)24(22)25)16-17-7-6-11-20(15-17)27-19-9-2-1-3-10-19/h1-16H/b23-16-. The molecule has 0 aliphatic carbocycles. The molecule has 1 aliphatic heterocycles. The monoisotopic (exact) mass is 380 g/mol. The second-order valence-corrected chi connectivity index (χ2v) is 7.67. The van der Waals surface area contributed by atoms with E-state index in [-0.39, 0.29) is 5.78 Å². The van der Waals surface area contributed by atoms with Crippen LogP contribution in [0.5, 0.6) is 11.5 Å². The van der Waals surface area contributed by atoms with Crippen molar-refractivity contribution in [2.24, 2.45) is 0 Å². The quantitative estimate of drug-likeness (QED) is 0.359. The highest BCUT2D eigenvalue weighted by molar-refractivity contribution is 8.05. The molecule has 0 saturated carbocycles. The Morgan fingerprint density at radius 1 is 0.750 bits per heavy atom. The Hall–Kier alpha value is -3.30. The van der Waals surface area contributed by atoms with E-state index in [1.165, 1.54) is 11.8 Å². The summed E-state index contributed by atoms with van der Waals surface area (Å²) in [6.45, 7) is 0. The number of hydrogen-bond acceptors (Lipinski definition) is 3. The minimum absolute atomic E-state index is 0.0891. The fourth-order valence-electron chi connectivity index (χ4n) is 3.40. The number of thioether (sulfide) groups is 1. The fraction of sp³-hybridized carbons (Fsp3) is 0. The van der Waals surface area contributed by atoms with E-state index in [0.717, 1.165) is 43.2 Å². The van der Waals surface area contributed by atoms with E-state index >= 15 is 0 Å². The number of benzene rings is 4. The van der Waals surface area contributed by atoms with E-state index in [1.807, 2.05) is 91.0 Å². The molecule has 0 saturated heterocycles. The average molecular weight is 380 g/mol. The van der Waals surface area contributed by atoms with Crippen molar-refractivity contribution in [1.82, 2.24) is 0 Å². The molecule has 1 aliphatic rings. The molecule has 5 rings (SSSR count). The van der Waals surface area contributed by atoms with Crippen LogP contribution in [0.4, 0.5) is 0 Å². The van der Waals surface area contributed by atoms with Gasteiger partial charge in [-0.05, 0) is 52.7 Å². The lowest BCUT2D eigenvalue weighted by molar-refractivity contribution is 0.104. The molecular formula is C25H16O2S. The van der Waals surface area contributed by atoms with Gasteiger partial charge in [-0.15, -0.1) is 0 Å². The van der Waals surface area contributed by atoms with Gasteiger partial charge in [-0.2, -0.15) is 0 Å². The average Bonchev–Trinajstić information content (AvgIpc) is 3.05. The Morgan fingerprint density at radius 3 is 2.43 bits per heavy atom. The molecule has 3 heteroatoms. The highest BCUT2D eigenvalue weighted by Crippen LogP contribution is 2.44. The molecule has 0 radical (unpaired) electrons. The molecule has 0 N–H and O–H groups in total. The summed E-state index contributed by atoms with van der Waals surface area (Å²) in [5.41, 5.74) is 1.76. The Balaban J connectivity index is 1.48. The number of ether oxygens (including phenoxy) is 1. The maximum Gasteiger partial charge on any atom is 0.201 e. The molecule has 28 heavy (non-hydrogen) atoms. The van der Waals surface area contributed by atoms with Crippen molar-refractivity contribution >= 4 is 34.4 Å². The number of fused-ring (bicyclic) bond motifs is 3. The molecule has 0 bridgehead atoms. The van der Waals surface area contributed by atoms with Gasteiger partial charge in [-0.25, -0.2) is 0 Å². The molecule has 0 amide bonds. The number of hydrogen-bond donors (Lipinski definition) is 0. The van der Waals surface area contributed by atoms with Gasteiger partial charge in [0.2, 0.25) is 5.78 Å². The number of ketones is 1. The number of carbonyl (C=O) groups excluding carboxylic acids is 1. The molecule has 0 atom stereocenters. The second-order valence-electron chi connectivity index (χ2n) is 6.59. The van der Waals surface area contributed by atoms with Gasteiger partial charge in [0.15, 0.2) is 0 Å². The van der Waals surface area contributed by atoms with Crippen molar-refractivity contribution < 1.29 is 9.53 Å². The van der Waals surface area contributed by atoms with E-state index in [4.69, 9.17) is 4.74 Å². The van der Waals surface area contributed by atoms with Crippen LogP contribution in [0.25, 0.3) is 16.8 Å². The Labute approximate surface area is 167 Å². The van der Waals surface area contributed by atoms with Crippen LogP contribution >= 0.6 is 11.8 Å². The Kier molecular flexibility index (Phi) is 4.22. The summed E-state index contributed by atoms with van der Waals surface area (Å²) in [4.78, 5) is 14.8. The Morgan fingerprint density at radius 2 is 1.54 bits per heavy atom. The second kappa shape index (κ2) is 7.02. The molecule has 0 spiro atoms. The minimum atomic E-state index is 0.0891. The fourth-order valence-corrected chi connectivity index (χ4v) is 4.47. The van der Waals surface area contributed by atoms with Crippen molar-refractivity contribution in [3.05, 3.63) is 107 Å². The lowest BCUT2D eigenvalue weighted by Crippen LogP contribution is -1.95. The number of allylic oxidation sites excluding steroid dienone is 1. The minimum Gasteiger partial charge on any atom is -0.457 e. The number of para-hydroxylation sites is 1. The van der Waals surface area contributed by atoms with Crippen molar-refractivity contribution in [2.75, 3.05) is 0 Å². The number of carbonyl (C=O) groups is 1. The van der Waals surface area contributed by atoms with Gasteiger partial charge in [-0.3, -0.25) is 4.79 Å². The van der Waals surface area contributed by atoms with Gasteiger partial charge in [0, 0.05) is 10.5 Å². The van der Waals surface area contributed by atoms with Crippen LogP contribution in [-0.4, -0.2) is 5.78 Å². The molecule has 1 heterocycles. The maximum absolute atomic E-state index is 13.1. The zero-order chi connectivity index (χ0) is 18.9. The predicted molar refractivity (Wildman–Crippen MR) is 115 cm³/mol. The molecular weight excluding hydrogens is 364 g/mol. The van der Waals surface area contributed by atoms with Crippen LogP contribution in [0.2, 0.25) is 0 Å². The lowest BCUT2D eigenvalue weighted by Gasteiger charge is -2.06. The van der Waals surface area contributed by atoms with Gasteiger partial charge >= 0.3 is 0 Å². The molecule has 0 fully saturated rings. The van der Waals surface area contributed by atoms with E-state index in [2.05, 4.69) is 6.07 Å². The van der Waals surface area contributed by atoms with Crippen LogP contribution in [0, 0.1) is 0 Å². The van der Waals surface area contributed by atoms with Crippen molar-refractivity contribution in [2.45, 2.75) is 4.90 Å². The maximum atomic E-state index is 13.1. The first-order chi connectivity index (χ1) is 13.8. The third kappa shape index (κ3) is 3.10. The van der Waals surface area contributed by atoms with Crippen LogP contribution in [0.1, 0.15) is 15.9 Å². The summed E-state index contributed by atoms with van der Waals surface area (Å²) >= 11 is 1.53. The van der Waals surface area contributed by atoms with E-state index in [1.54, 1.807) is 0 Å². The normalized spacial score (nSPS) is 14.4. The third-order valence-electron chi connectivity index (χ3n) is 4.70. The van der Waals surface area contributed by atoms with Crippen LogP contribution in [-0.2, 0) is 0 Å². The first-order valence-corrected chi connectivity index (χ1v) is 9.88. The predicted octanol–water partition coefficient (Wildman–Crippen LogP) is 6.96. The van der Waals surface area contributed by atoms with E-state index < -0.39 is 0 Å². The van der Waals surface area contributed by atoms with E-state index in [9.17, 15) is 4.79 Å². The summed E-state index contributed by atoms with van der Waals surface area (Å²) < 4.78 is 5.91. The van der Waals surface area contributed by atoms with Crippen LogP contribution < -0.4 is 4.74 Å². The van der Waals surface area contributed by atoms with E-state index in [0.29, 0.717) is 0 Å². The number of rotatable bonds is 3. The van der Waals surface area contributed by atoms with Gasteiger partial charge in [0.05, 0.1) is 4.91 Å². The highest BCUT2D eigenvalue weighted by atomic mass is 32.2. The van der Waals surface area contributed by atoms with Crippen molar-refractivity contribution in [1.29, 1.82) is 0 Å². The highest BCUT2D eigenvalue weighted by Gasteiger charge is 2.27. The third-order valence-corrected chi connectivity index (χ3v) is 5.78. The molecule has 134 valence electrons. The molecule has 4 aromatic carbocycles. The summed E-state index contributed by atoms with van der Waals surface area (Å²) in [6.07, 6.45) is 1.94. The molecule has 4 aromatic rings. The zero-order valence-corrected chi connectivity index (χ0v) is 15.8. The van der Waals surface area contributed by atoms with Crippen LogP contribution in [0.15, 0.2) is 101 Å². The van der Waals surface area contributed by atoms with Gasteiger partial charge in [-0.1, -0.05) is 72.4 Å². The lowest BCUT2D eigenvalue weighted by atomic mass is 10.0. The largest absolute Gasteiger partial charge is 0.457 e. The first kappa shape index (κ1) is 16.8. The van der Waals surface area contributed by atoms with Gasteiger partial charge < -0.3 is 4.74 Å². The molecule has 0 aromatic heterocycles. The summed E-state index contributed by atoms with van der Waals surface area (Å²) in [5.74, 6) is 1.63. The smallest absolute Gasteiger partial charge is 0.201 e. The van der Waals surface area contributed by atoms with Crippen LogP contribution in [0.3, 0.4) is 0 Å².